The van der Waals surface area contributed by atoms with Gasteiger partial charge in [0.2, 0.25) is 0 Å². The average Bonchev–Trinajstić information content (AvgIpc) is 2.47. The van der Waals surface area contributed by atoms with Crippen molar-refractivity contribution in [1.82, 2.24) is 4.90 Å². The van der Waals surface area contributed by atoms with Crippen LogP contribution in [0.1, 0.15) is 27.2 Å². The van der Waals surface area contributed by atoms with Gasteiger partial charge < -0.3 is 4.74 Å². The molecule has 0 saturated carbocycles. The van der Waals surface area contributed by atoms with Crippen LogP contribution in [0, 0.1) is 5.92 Å². The second-order valence-corrected chi connectivity index (χ2v) is 3.90. The first-order valence-corrected chi connectivity index (χ1v) is 5.05. The molecule has 0 radical (unpaired) electrons. The van der Waals surface area contributed by atoms with E-state index in [4.69, 9.17) is 4.74 Å². The summed E-state index contributed by atoms with van der Waals surface area (Å²) in [4.78, 5) is 2.53. The van der Waals surface area contributed by atoms with Crippen molar-refractivity contribution in [3.05, 3.63) is 0 Å². The van der Waals surface area contributed by atoms with E-state index < -0.39 is 0 Å². The second-order valence-electron chi connectivity index (χ2n) is 3.90. The Bertz CT molecular complexity index is 127. The van der Waals surface area contributed by atoms with Crippen LogP contribution < -0.4 is 0 Å². The van der Waals surface area contributed by atoms with E-state index in [-0.39, 0.29) is 0 Å². The van der Waals surface area contributed by atoms with Gasteiger partial charge in [0.15, 0.2) is 0 Å². The molecule has 1 heterocycles. The smallest absolute Gasteiger partial charge is 0.0618 e. The lowest BCUT2D eigenvalue weighted by molar-refractivity contribution is 0.0831. The Kier molecular flexibility index (Phi) is 4.02. The van der Waals surface area contributed by atoms with Crippen LogP contribution in [0.5, 0.6) is 0 Å². The fraction of sp³-hybridized carbons (Fsp3) is 1.00. The van der Waals surface area contributed by atoms with Crippen LogP contribution in [-0.2, 0) is 4.74 Å². The highest BCUT2D eigenvalue weighted by atomic mass is 16.5. The van der Waals surface area contributed by atoms with Crippen molar-refractivity contribution in [1.29, 1.82) is 0 Å². The number of likely N-dealkylation sites (tertiary alicyclic amines) is 1. The molecule has 1 aliphatic heterocycles. The van der Waals surface area contributed by atoms with Gasteiger partial charge in [0, 0.05) is 19.2 Å². The van der Waals surface area contributed by atoms with E-state index in [1.807, 2.05) is 0 Å². The molecule has 72 valence electrons. The zero-order valence-electron chi connectivity index (χ0n) is 8.55. The lowest BCUT2D eigenvalue weighted by atomic mass is 10.2. The fourth-order valence-corrected chi connectivity index (χ4v) is 1.76. The van der Waals surface area contributed by atoms with Crippen molar-refractivity contribution in [2.45, 2.75) is 33.2 Å². The third-order valence-corrected chi connectivity index (χ3v) is 2.64. The minimum absolute atomic E-state index is 0.606. The van der Waals surface area contributed by atoms with Crippen LogP contribution in [0.3, 0.4) is 0 Å². The zero-order valence-corrected chi connectivity index (χ0v) is 8.55. The van der Waals surface area contributed by atoms with Gasteiger partial charge >= 0.3 is 0 Å². The average molecular weight is 171 g/mol. The highest BCUT2D eigenvalue weighted by molar-refractivity contribution is 4.76. The minimum Gasteiger partial charge on any atom is -0.380 e. The molecule has 0 bridgehead atoms. The maximum atomic E-state index is 5.40. The molecule has 2 unspecified atom stereocenters. The topological polar surface area (TPSA) is 12.5 Å². The molecule has 0 spiro atoms. The van der Waals surface area contributed by atoms with E-state index in [0.29, 0.717) is 6.04 Å². The second kappa shape index (κ2) is 4.83. The first-order chi connectivity index (χ1) is 5.74. The van der Waals surface area contributed by atoms with E-state index in [1.54, 1.807) is 0 Å². The predicted molar refractivity (Wildman–Crippen MR) is 51.3 cm³/mol. The molecule has 0 aliphatic carbocycles. The summed E-state index contributed by atoms with van der Waals surface area (Å²) in [5.74, 6) is 0.883. The fourth-order valence-electron chi connectivity index (χ4n) is 1.76. The molecule has 1 rings (SSSR count). The quantitative estimate of drug-likeness (QED) is 0.639. The van der Waals surface area contributed by atoms with Crippen molar-refractivity contribution in [3.8, 4) is 0 Å². The molecule has 2 nitrogen and oxygen atoms in total. The van der Waals surface area contributed by atoms with Crippen LogP contribution in [0.25, 0.3) is 0 Å². The monoisotopic (exact) mass is 171 g/mol. The van der Waals surface area contributed by atoms with Crippen molar-refractivity contribution in [2.24, 2.45) is 5.92 Å². The third-order valence-electron chi connectivity index (χ3n) is 2.64. The first-order valence-electron chi connectivity index (χ1n) is 5.05. The van der Waals surface area contributed by atoms with Crippen LogP contribution in [0.15, 0.2) is 0 Å². The summed E-state index contributed by atoms with van der Waals surface area (Å²) in [6.45, 7) is 10.9. The van der Waals surface area contributed by atoms with Crippen molar-refractivity contribution < 1.29 is 4.74 Å². The summed E-state index contributed by atoms with van der Waals surface area (Å²) in [6, 6.07) is 0.606. The predicted octanol–water partition coefficient (Wildman–Crippen LogP) is 1.75. The SMILES string of the molecule is CCOCC(C)N1CCC(C)C1. The molecule has 0 aromatic rings. The van der Waals surface area contributed by atoms with Crippen molar-refractivity contribution in [2.75, 3.05) is 26.3 Å². The van der Waals surface area contributed by atoms with Crippen LogP contribution in [-0.4, -0.2) is 37.2 Å². The Morgan fingerprint density at radius 2 is 2.33 bits per heavy atom. The molecule has 2 heteroatoms. The van der Waals surface area contributed by atoms with E-state index >= 15 is 0 Å². The van der Waals surface area contributed by atoms with Gasteiger partial charge in [-0.2, -0.15) is 0 Å². The van der Waals surface area contributed by atoms with Crippen LogP contribution >= 0.6 is 0 Å². The highest BCUT2D eigenvalue weighted by Gasteiger charge is 2.22. The van der Waals surface area contributed by atoms with E-state index in [2.05, 4.69) is 25.7 Å². The van der Waals surface area contributed by atoms with E-state index in [0.717, 1.165) is 19.1 Å². The van der Waals surface area contributed by atoms with Gasteiger partial charge in [0.25, 0.3) is 0 Å². The van der Waals surface area contributed by atoms with Gasteiger partial charge in [-0.15, -0.1) is 0 Å². The van der Waals surface area contributed by atoms with Crippen molar-refractivity contribution in [3.63, 3.8) is 0 Å². The summed E-state index contributed by atoms with van der Waals surface area (Å²) >= 11 is 0. The number of ether oxygens (including phenoxy) is 1. The lowest BCUT2D eigenvalue weighted by Crippen LogP contribution is -2.34. The maximum Gasteiger partial charge on any atom is 0.0618 e. The molecular formula is C10H21NO. The molecule has 1 fully saturated rings. The largest absolute Gasteiger partial charge is 0.380 e. The molecule has 0 N–H and O–H groups in total. The van der Waals surface area contributed by atoms with Gasteiger partial charge in [0.1, 0.15) is 0 Å². The Morgan fingerprint density at radius 1 is 1.58 bits per heavy atom. The van der Waals surface area contributed by atoms with E-state index in [9.17, 15) is 0 Å². The Hall–Kier alpha value is -0.0800. The van der Waals surface area contributed by atoms with Crippen molar-refractivity contribution >= 4 is 0 Å². The normalized spacial score (nSPS) is 27.8. The Labute approximate surface area is 75.9 Å². The highest BCUT2D eigenvalue weighted by Crippen LogP contribution is 2.17. The molecule has 2 atom stereocenters. The van der Waals surface area contributed by atoms with Gasteiger partial charge in [-0.05, 0) is 32.7 Å². The Balaban J connectivity index is 2.18. The van der Waals surface area contributed by atoms with Gasteiger partial charge in [0.05, 0.1) is 6.61 Å². The summed E-state index contributed by atoms with van der Waals surface area (Å²) < 4.78 is 5.40. The molecule has 12 heavy (non-hydrogen) atoms. The summed E-state index contributed by atoms with van der Waals surface area (Å²) in [5, 5.41) is 0. The van der Waals surface area contributed by atoms with Gasteiger partial charge in [-0.1, -0.05) is 6.92 Å². The van der Waals surface area contributed by atoms with Crippen LogP contribution in [0.2, 0.25) is 0 Å². The molecular weight excluding hydrogens is 150 g/mol. The molecule has 0 aromatic heterocycles. The van der Waals surface area contributed by atoms with Gasteiger partial charge in [-0.25, -0.2) is 0 Å². The number of nitrogens with zero attached hydrogens (tertiary/aromatic N) is 1. The number of hydrogen-bond acceptors (Lipinski definition) is 2. The third kappa shape index (κ3) is 2.76. The number of rotatable bonds is 4. The summed E-state index contributed by atoms with van der Waals surface area (Å²) in [5.41, 5.74) is 0. The van der Waals surface area contributed by atoms with Crippen LogP contribution in [0.4, 0.5) is 0 Å². The molecule has 1 saturated heterocycles. The number of hydrogen-bond donors (Lipinski definition) is 0. The Morgan fingerprint density at radius 3 is 2.83 bits per heavy atom. The first kappa shape index (κ1) is 10.0. The zero-order chi connectivity index (χ0) is 8.97. The lowest BCUT2D eigenvalue weighted by Gasteiger charge is -2.23. The standard InChI is InChI=1S/C10H21NO/c1-4-12-8-10(3)11-6-5-9(2)7-11/h9-10H,4-8H2,1-3H3. The summed E-state index contributed by atoms with van der Waals surface area (Å²) in [6.07, 6.45) is 1.36. The maximum absolute atomic E-state index is 5.40. The van der Waals surface area contributed by atoms with E-state index in [1.165, 1.54) is 19.5 Å². The molecule has 0 aromatic carbocycles. The molecule has 1 aliphatic rings. The minimum atomic E-state index is 0.606. The molecule has 0 amide bonds. The van der Waals surface area contributed by atoms with Gasteiger partial charge in [-0.3, -0.25) is 4.90 Å². The summed E-state index contributed by atoms with van der Waals surface area (Å²) in [7, 11) is 0.